The summed E-state index contributed by atoms with van der Waals surface area (Å²) in [5.41, 5.74) is 1.59. The fraction of sp³-hybridized carbons (Fsp3) is 0.600. The van der Waals surface area contributed by atoms with Gasteiger partial charge < -0.3 is 5.32 Å². The number of fused-ring (bicyclic) bond motifs is 1. The lowest BCUT2D eigenvalue weighted by molar-refractivity contribution is 0.192. The quantitative estimate of drug-likeness (QED) is 0.882. The standard InChI is InChI=1S/C15H20N4/c1-11-8-12(10-16)9-15(17-11)18-13-5-7-19-6-3-2-4-14(13)19/h8-9,13-14H,2-7H2,1H3,(H,17,18). The van der Waals surface area contributed by atoms with Crippen LogP contribution in [0, 0.1) is 18.3 Å². The van der Waals surface area contributed by atoms with E-state index in [1.165, 1.54) is 38.8 Å². The van der Waals surface area contributed by atoms with Crippen LogP contribution in [0.15, 0.2) is 12.1 Å². The number of nitriles is 1. The number of piperidine rings is 1. The van der Waals surface area contributed by atoms with Crippen molar-refractivity contribution in [3.8, 4) is 6.07 Å². The minimum atomic E-state index is 0.487. The summed E-state index contributed by atoms with van der Waals surface area (Å²) in [7, 11) is 0. The Morgan fingerprint density at radius 2 is 2.21 bits per heavy atom. The van der Waals surface area contributed by atoms with Gasteiger partial charge in [-0.25, -0.2) is 4.98 Å². The van der Waals surface area contributed by atoms with Gasteiger partial charge in [0.2, 0.25) is 0 Å². The molecule has 4 nitrogen and oxygen atoms in total. The summed E-state index contributed by atoms with van der Waals surface area (Å²) in [6.07, 6.45) is 5.14. The summed E-state index contributed by atoms with van der Waals surface area (Å²) in [6.45, 7) is 4.38. The Hall–Kier alpha value is -1.60. The lowest BCUT2D eigenvalue weighted by atomic mass is 9.99. The maximum absolute atomic E-state index is 9.02. The number of hydrogen-bond acceptors (Lipinski definition) is 4. The molecule has 2 atom stereocenters. The van der Waals surface area contributed by atoms with Gasteiger partial charge in [-0.05, 0) is 44.9 Å². The van der Waals surface area contributed by atoms with Crippen LogP contribution in [-0.4, -0.2) is 35.1 Å². The van der Waals surface area contributed by atoms with Crippen molar-refractivity contribution in [1.82, 2.24) is 9.88 Å². The van der Waals surface area contributed by atoms with E-state index in [9.17, 15) is 0 Å². The number of rotatable bonds is 2. The van der Waals surface area contributed by atoms with Crippen molar-refractivity contribution in [3.05, 3.63) is 23.4 Å². The molecule has 2 saturated heterocycles. The molecule has 0 aromatic carbocycles. The molecule has 3 heterocycles. The Balaban J connectivity index is 1.75. The van der Waals surface area contributed by atoms with Crippen molar-refractivity contribution in [2.75, 3.05) is 18.4 Å². The lowest BCUT2D eigenvalue weighted by Crippen LogP contribution is -2.41. The van der Waals surface area contributed by atoms with Crippen molar-refractivity contribution >= 4 is 5.82 Å². The van der Waals surface area contributed by atoms with E-state index in [0.717, 1.165) is 11.5 Å². The van der Waals surface area contributed by atoms with E-state index < -0.39 is 0 Å². The van der Waals surface area contributed by atoms with Gasteiger partial charge in [-0.3, -0.25) is 4.90 Å². The van der Waals surface area contributed by atoms with Gasteiger partial charge in [0, 0.05) is 24.3 Å². The molecule has 100 valence electrons. The highest BCUT2D eigenvalue weighted by atomic mass is 15.2. The van der Waals surface area contributed by atoms with Gasteiger partial charge in [0.15, 0.2) is 0 Å². The average molecular weight is 256 g/mol. The molecule has 2 aliphatic rings. The summed E-state index contributed by atoms with van der Waals surface area (Å²) in [4.78, 5) is 7.10. The summed E-state index contributed by atoms with van der Waals surface area (Å²) in [5.74, 6) is 0.856. The highest BCUT2D eigenvalue weighted by molar-refractivity contribution is 5.45. The molecule has 2 aliphatic heterocycles. The molecule has 19 heavy (non-hydrogen) atoms. The zero-order valence-corrected chi connectivity index (χ0v) is 11.4. The van der Waals surface area contributed by atoms with Crippen LogP contribution in [0.25, 0.3) is 0 Å². The first kappa shape index (κ1) is 12.4. The monoisotopic (exact) mass is 256 g/mol. The molecule has 1 N–H and O–H groups in total. The first-order valence-electron chi connectivity index (χ1n) is 7.15. The zero-order valence-electron chi connectivity index (χ0n) is 11.4. The first-order chi connectivity index (χ1) is 9.26. The van der Waals surface area contributed by atoms with Crippen LogP contribution >= 0.6 is 0 Å². The molecule has 3 rings (SSSR count). The fourth-order valence-electron chi connectivity index (χ4n) is 3.41. The van der Waals surface area contributed by atoms with Crippen molar-refractivity contribution in [1.29, 1.82) is 5.26 Å². The fourth-order valence-corrected chi connectivity index (χ4v) is 3.41. The average Bonchev–Trinajstić information content (AvgIpc) is 2.82. The zero-order chi connectivity index (χ0) is 13.2. The highest BCUT2D eigenvalue weighted by Gasteiger charge is 2.35. The van der Waals surface area contributed by atoms with Gasteiger partial charge >= 0.3 is 0 Å². The molecular formula is C15H20N4. The van der Waals surface area contributed by atoms with Crippen molar-refractivity contribution in [2.45, 2.75) is 44.7 Å². The Bertz CT molecular complexity index is 505. The Labute approximate surface area is 114 Å². The van der Waals surface area contributed by atoms with E-state index in [0.29, 0.717) is 17.6 Å². The molecule has 0 saturated carbocycles. The third-order valence-electron chi connectivity index (χ3n) is 4.27. The summed E-state index contributed by atoms with van der Waals surface area (Å²) < 4.78 is 0. The van der Waals surface area contributed by atoms with E-state index >= 15 is 0 Å². The maximum atomic E-state index is 9.02. The Morgan fingerprint density at radius 3 is 3.05 bits per heavy atom. The first-order valence-corrected chi connectivity index (χ1v) is 7.15. The summed E-state index contributed by atoms with van der Waals surface area (Å²) >= 11 is 0. The van der Waals surface area contributed by atoms with Crippen LogP contribution in [0.4, 0.5) is 5.82 Å². The molecule has 0 bridgehead atoms. The normalized spacial score (nSPS) is 26.7. The van der Waals surface area contributed by atoms with Gasteiger partial charge in [0.1, 0.15) is 5.82 Å². The number of aromatic nitrogens is 1. The van der Waals surface area contributed by atoms with Crippen LogP contribution in [0.5, 0.6) is 0 Å². The van der Waals surface area contributed by atoms with E-state index in [2.05, 4.69) is 21.3 Å². The second-order valence-corrected chi connectivity index (χ2v) is 5.63. The summed E-state index contributed by atoms with van der Waals surface area (Å²) in [6, 6.07) is 7.03. The molecule has 1 aromatic heterocycles. The maximum Gasteiger partial charge on any atom is 0.127 e. The van der Waals surface area contributed by atoms with Gasteiger partial charge in [-0.1, -0.05) is 6.42 Å². The molecule has 2 fully saturated rings. The predicted molar refractivity (Wildman–Crippen MR) is 74.9 cm³/mol. The topological polar surface area (TPSA) is 52.0 Å². The number of nitrogens with one attached hydrogen (secondary N) is 1. The molecule has 1 aromatic rings. The molecule has 0 radical (unpaired) electrons. The molecule has 4 heteroatoms. The van der Waals surface area contributed by atoms with E-state index in [4.69, 9.17) is 5.26 Å². The molecule has 0 spiro atoms. The lowest BCUT2D eigenvalue weighted by Gasteiger charge is -2.32. The smallest absolute Gasteiger partial charge is 0.127 e. The number of hydrogen-bond donors (Lipinski definition) is 1. The third-order valence-corrected chi connectivity index (χ3v) is 4.27. The van der Waals surface area contributed by atoms with Crippen LogP contribution in [-0.2, 0) is 0 Å². The second-order valence-electron chi connectivity index (χ2n) is 5.63. The third kappa shape index (κ3) is 2.57. The van der Waals surface area contributed by atoms with Gasteiger partial charge in [-0.15, -0.1) is 0 Å². The van der Waals surface area contributed by atoms with Crippen LogP contribution in [0.3, 0.4) is 0 Å². The van der Waals surface area contributed by atoms with E-state index in [1.807, 2.05) is 19.1 Å². The molecule has 0 aliphatic carbocycles. The number of anilines is 1. The second kappa shape index (κ2) is 5.18. The predicted octanol–water partition coefficient (Wildman–Crippen LogP) is 2.30. The summed E-state index contributed by atoms with van der Waals surface area (Å²) in [5, 5.41) is 12.6. The number of pyridine rings is 1. The minimum absolute atomic E-state index is 0.487. The van der Waals surface area contributed by atoms with Crippen LogP contribution < -0.4 is 5.32 Å². The number of nitrogens with zero attached hydrogens (tertiary/aromatic N) is 3. The Kier molecular flexibility index (Phi) is 3.39. The van der Waals surface area contributed by atoms with Gasteiger partial charge in [-0.2, -0.15) is 5.26 Å². The van der Waals surface area contributed by atoms with Gasteiger partial charge in [0.05, 0.1) is 11.6 Å². The van der Waals surface area contributed by atoms with E-state index in [1.54, 1.807) is 0 Å². The van der Waals surface area contributed by atoms with Crippen molar-refractivity contribution in [3.63, 3.8) is 0 Å². The molecule has 0 amide bonds. The van der Waals surface area contributed by atoms with E-state index in [-0.39, 0.29) is 0 Å². The highest BCUT2D eigenvalue weighted by Crippen LogP contribution is 2.29. The molecule has 2 unspecified atom stereocenters. The van der Waals surface area contributed by atoms with Crippen LogP contribution in [0.1, 0.15) is 36.9 Å². The van der Waals surface area contributed by atoms with Crippen molar-refractivity contribution in [2.24, 2.45) is 0 Å². The minimum Gasteiger partial charge on any atom is -0.366 e. The Morgan fingerprint density at radius 1 is 1.32 bits per heavy atom. The van der Waals surface area contributed by atoms with Gasteiger partial charge in [0.25, 0.3) is 0 Å². The molecular weight excluding hydrogens is 236 g/mol. The number of aryl methyl sites for hydroxylation is 1. The SMILES string of the molecule is Cc1cc(C#N)cc(NC2CCN3CCCCC23)n1. The van der Waals surface area contributed by atoms with Crippen molar-refractivity contribution < 1.29 is 0 Å². The largest absolute Gasteiger partial charge is 0.366 e. The van der Waals surface area contributed by atoms with Crippen LogP contribution in [0.2, 0.25) is 0 Å².